The molecule has 1 aliphatic rings. The van der Waals surface area contributed by atoms with Gasteiger partial charge in [0.25, 0.3) is 5.91 Å². The fourth-order valence-electron chi connectivity index (χ4n) is 3.91. The Kier molecular flexibility index (Phi) is 5.25. The van der Waals surface area contributed by atoms with E-state index in [1.807, 2.05) is 61.5 Å². The molecular formula is C24H24N4OS2. The molecule has 0 aliphatic carbocycles. The molecule has 0 bridgehead atoms. The van der Waals surface area contributed by atoms with Gasteiger partial charge in [-0.05, 0) is 55.4 Å². The van der Waals surface area contributed by atoms with Crippen LogP contribution in [0.5, 0.6) is 0 Å². The van der Waals surface area contributed by atoms with E-state index in [2.05, 4.69) is 23.3 Å². The number of nitrogens with one attached hydrogen (secondary N) is 1. The lowest BCUT2D eigenvalue weighted by atomic mass is 10.0. The topological polar surface area (TPSA) is 48.5 Å². The number of carbonyl (C=O) groups is 1. The molecule has 4 aromatic rings. The molecule has 0 atom stereocenters. The Morgan fingerprint density at radius 1 is 1.10 bits per heavy atom. The van der Waals surface area contributed by atoms with Gasteiger partial charge in [0, 0.05) is 48.9 Å². The highest BCUT2D eigenvalue weighted by Crippen LogP contribution is 2.45. The molecule has 158 valence electrons. The average molecular weight is 449 g/mol. The number of thiophene rings is 1. The highest BCUT2D eigenvalue weighted by molar-refractivity contribution is 7.23. The maximum absolute atomic E-state index is 13.1. The van der Waals surface area contributed by atoms with Crippen LogP contribution in [0.15, 0.2) is 48.5 Å². The highest BCUT2D eigenvalue weighted by atomic mass is 32.1. The number of benzene rings is 2. The minimum Gasteiger partial charge on any atom is -0.378 e. The molecule has 1 N–H and O–H groups in total. The van der Waals surface area contributed by atoms with Crippen molar-refractivity contribution < 1.29 is 4.79 Å². The summed E-state index contributed by atoms with van der Waals surface area (Å²) in [6.07, 6.45) is 0.973. The van der Waals surface area contributed by atoms with Crippen molar-refractivity contribution in [1.29, 1.82) is 0 Å². The molecule has 3 heterocycles. The predicted molar refractivity (Wildman–Crippen MR) is 132 cm³/mol. The fraction of sp³-hybridized carbons (Fsp3) is 0.250. The van der Waals surface area contributed by atoms with Crippen LogP contribution >= 0.6 is 22.7 Å². The smallest absolute Gasteiger partial charge is 0.256 e. The maximum Gasteiger partial charge on any atom is 0.256 e. The van der Waals surface area contributed by atoms with Gasteiger partial charge in [0.2, 0.25) is 0 Å². The van der Waals surface area contributed by atoms with Crippen LogP contribution in [0, 0.1) is 0 Å². The Morgan fingerprint density at radius 3 is 2.61 bits per heavy atom. The zero-order valence-electron chi connectivity index (χ0n) is 17.8. The van der Waals surface area contributed by atoms with Gasteiger partial charge in [-0.15, -0.1) is 22.7 Å². The van der Waals surface area contributed by atoms with Gasteiger partial charge in [0.1, 0.15) is 10.0 Å². The van der Waals surface area contributed by atoms with Gasteiger partial charge in [-0.1, -0.05) is 12.1 Å². The summed E-state index contributed by atoms with van der Waals surface area (Å²) in [6, 6.07) is 15.9. The standard InChI is InChI=1S/C24H24N4OS2/c1-27(2)16-10-8-15(9-11-16)22(29)26-24-21(17-12-13-28(3)14-20(17)31-24)23-25-18-6-4-5-7-19(18)30-23/h4-11H,12-14H2,1-3H3,(H,26,29). The first-order valence-corrected chi connectivity index (χ1v) is 11.9. The molecule has 1 aliphatic heterocycles. The number of anilines is 2. The van der Waals surface area contributed by atoms with Crippen molar-refractivity contribution in [2.75, 3.05) is 37.9 Å². The van der Waals surface area contributed by atoms with Crippen LogP contribution < -0.4 is 10.2 Å². The molecule has 0 saturated carbocycles. The molecule has 0 radical (unpaired) electrons. The number of amides is 1. The van der Waals surface area contributed by atoms with E-state index in [1.54, 1.807) is 22.7 Å². The lowest BCUT2D eigenvalue weighted by Gasteiger charge is -2.22. The molecule has 5 nitrogen and oxygen atoms in total. The summed E-state index contributed by atoms with van der Waals surface area (Å²) < 4.78 is 1.17. The van der Waals surface area contributed by atoms with E-state index < -0.39 is 0 Å². The Balaban J connectivity index is 1.54. The van der Waals surface area contributed by atoms with Crippen molar-refractivity contribution in [3.8, 4) is 10.6 Å². The Morgan fingerprint density at radius 2 is 1.87 bits per heavy atom. The third-order valence-corrected chi connectivity index (χ3v) is 7.81. The van der Waals surface area contributed by atoms with Gasteiger partial charge < -0.3 is 15.1 Å². The van der Waals surface area contributed by atoms with Crippen molar-refractivity contribution in [1.82, 2.24) is 9.88 Å². The molecule has 31 heavy (non-hydrogen) atoms. The largest absolute Gasteiger partial charge is 0.378 e. The van der Waals surface area contributed by atoms with Gasteiger partial charge in [-0.3, -0.25) is 4.79 Å². The van der Waals surface area contributed by atoms with E-state index in [-0.39, 0.29) is 5.91 Å². The number of fused-ring (bicyclic) bond motifs is 2. The van der Waals surface area contributed by atoms with Crippen LogP contribution in [0.3, 0.4) is 0 Å². The van der Waals surface area contributed by atoms with Crippen LogP contribution in [0.4, 0.5) is 10.7 Å². The Bertz CT molecular complexity index is 1220. The number of hydrogen-bond acceptors (Lipinski definition) is 6. The summed E-state index contributed by atoms with van der Waals surface area (Å²) in [5.41, 5.74) is 5.17. The predicted octanol–water partition coefficient (Wildman–Crippen LogP) is 5.33. The van der Waals surface area contributed by atoms with Crippen molar-refractivity contribution in [3.05, 3.63) is 64.5 Å². The minimum atomic E-state index is -0.0837. The molecule has 7 heteroatoms. The van der Waals surface area contributed by atoms with Gasteiger partial charge in [-0.2, -0.15) is 0 Å². The number of nitrogens with zero attached hydrogens (tertiary/aromatic N) is 3. The number of rotatable bonds is 4. The Labute approximate surface area is 190 Å². The SMILES string of the molecule is CN1CCc2c(sc(NC(=O)c3ccc(N(C)C)cc3)c2-c2nc3ccccc3s2)C1. The lowest BCUT2D eigenvalue weighted by Crippen LogP contribution is -2.25. The second-order valence-corrected chi connectivity index (χ2v) is 10.2. The van der Waals surface area contributed by atoms with Gasteiger partial charge in [-0.25, -0.2) is 4.98 Å². The lowest BCUT2D eigenvalue weighted by molar-refractivity contribution is 0.102. The van der Waals surface area contributed by atoms with Crippen molar-refractivity contribution in [3.63, 3.8) is 0 Å². The maximum atomic E-state index is 13.1. The fourth-order valence-corrected chi connectivity index (χ4v) is 6.34. The second-order valence-electron chi connectivity index (χ2n) is 8.08. The normalized spacial score (nSPS) is 13.9. The number of thiazole rings is 1. The third kappa shape index (κ3) is 3.84. The van der Waals surface area contributed by atoms with E-state index in [4.69, 9.17) is 4.98 Å². The van der Waals surface area contributed by atoms with Gasteiger partial charge in [0.05, 0.1) is 10.2 Å². The van der Waals surface area contributed by atoms with Crippen LogP contribution in [-0.4, -0.2) is 43.5 Å². The summed E-state index contributed by atoms with van der Waals surface area (Å²) in [5, 5.41) is 5.10. The first-order chi connectivity index (χ1) is 15.0. The first-order valence-electron chi connectivity index (χ1n) is 10.3. The van der Waals surface area contributed by atoms with E-state index in [9.17, 15) is 4.79 Å². The van der Waals surface area contributed by atoms with E-state index in [0.29, 0.717) is 5.56 Å². The number of hydrogen-bond donors (Lipinski definition) is 1. The van der Waals surface area contributed by atoms with Crippen LogP contribution in [0.2, 0.25) is 0 Å². The van der Waals surface area contributed by atoms with Gasteiger partial charge in [0.15, 0.2) is 0 Å². The van der Waals surface area contributed by atoms with E-state index in [0.717, 1.165) is 46.3 Å². The summed E-state index contributed by atoms with van der Waals surface area (Å²) in [4.78, 5) is 23.7. The first kappa shape index (κ1) is 20.2. The summed E-state index contributed by atoms with van der Waals surface area (Å²) in [5.74, 6) is -0.0837. The monoisotopic (exact) mass is 448 g/mol. The molecule has 0 unspecified atom stereocenters. The molecule has 5 rings (SSSR count). The number of aromatic nitrogens is 1. The third-order valence-electron chi connectivity index (χ3n) is 5.63. The molecule has 0 spiro atoms. The second kappa shape index (κ2) is 8.07. The summed E-state index contributed by atoms with van der Waals surface area (Å²) >= 11 is 3.38. The number of para-hydroxylation sites is 1. The quantitative estimate of drug-likeness (QED) is 0.458. The minimum absolute atomic E-state index is 0.0837. The van der Waals surface area contributed by atoms with Crippen LogP contribution in [0.1, 0.15) is 20.8 Å². The van der Waals surface area contributed by atoms with E-state index >= 15 is 0 Å². The van der Waals surface area contributed by atoms with Crippen molar-refractivity contribution in [2.24, 2.45) is 0 Å². The molecule has 2 aromatic heterocycles. The average Bonchev–Trinajstić information content (AvgIpc) is 3.33. The van der Waals surface area contributed by atoms with Crippen molar-refractivity contribution in [2.45, 2.75) is 13.0 Å². The molecule has 0 fully saturated rings. The van der Waals surface area contributed by atoms with Crippen LogP contribution in [0.25, 0.3) is 20.8 Å². The van der Waals surface area contributed by atoms with E-state index in [1.165, 1.54) is 15.1 Å². The molecule has 0 saturated heterocycles. The van der Waals surface area contributed by atoms with Crippen LogP contribution in [-0.2, 0) is 13.0 Å². The number of likely N-dealkylation sites (N-methyl/N-ethyl adjacent to an activating group) is 1. The number of carbonyl (C=O) groups excluding carboxylic acids is 1. The molecule has 1 amide bonds. The van der Waals surface area contributed by atoms with Crippen molar-refractivity contribution >= 4 is 49.5 Å². The zero-order valence-corrected chi connectivity index (χ0v) is 19.4. The zero-order chi connectivity index (χ0) is 21.5. The highest BCUT2D eigenvalue weighted by Gasteiger charge is 2.26. The summed E-state index contributed by atoms with van der Waals surface area (Å²) in [7, 11) is 6.13. The molecule has 2 aromatic carbocycles. The van der Waals surface area contributed by atoms with Gasteiger partial charge >= 0.3 is 0 Å². The molecular weight excluding hydrogens is 424 g/mol. The Hall–Kier alpha value is -2.74. The summed E-state index contributed by atoms with van der Waals surface area (Å²) in [6.45, 7) is 1.92.